The number of aryl methyl sites for hydroxylation is 1. The van der Waals surface area contributed by atoms with Crippen LogP contribution in [0.2, 0.25) is 0 Å². The summed E-state index contributed by atoms with van der Waals surface area (Å²) in [5, 5.41) is 9.52. The topological polar surface area (TPSA) is 91.3 Å². The first-order valence-corrected chi connectivity index (χ1v) is 12.8. The second-order valence-electron chi connectivity index (χ2n) is 8.21. The second-order valence-corrected chi connectivity index (χ2v) is 9.25. The standard InChI is InChI=1S/C27H33N3O5S/c1-5-29(6-2)18-22-16-20(3)26(25(17-22)27(31)28-32)30(19-21-10-8-7-9-11-21)36(33)35-24-14-12-23(34-4)13-15-24/h7-17,32H,5-6,18-19H2,1-4H3,(H,28,31). The maximum Gasteiger partial charge on any atom is 0.319 e. The highest BCUT2D eigenvalue weighted by atomic mass is 32.2. The van der Waals surface area contributed by atoms with Crippen molar-refractivity contribution in [1.29, 1.82) is 0 Å². The third-order valence-corrected chi connectivity index (χ3v) is 6.84. The Hall–Kier alpha value is -3.40. The van der Waals surface area contributed by atoms with E-state index in [1.807, 2.05) is 43.3 Å². The molecule has 0 saturated carbocycles. The van der Waals surface area contributed by atoms with Gasteiger partial charge in [-0.15, -0.1) is 0 Å². The monoisotopic (exact) mass is 511 g/mol. The Labute approximate surface area is 215 Å². The van der Waals surface area contributed by atoms with Gasteiger partial charge in [0.05, 0.1) is 24.9 Å². The molecule has 3 rings (SSSR count). The lowest BCUT2D eigenvalue weighted by Crippen LogP contribution is -2.32. The van der Waals surface area contributed by atoms with Gasteiger partial charge >= 0.3 is 11.3 Å². The molecule has 0 heterocycles. The fourth-order valence-electron chi connectivity index (χ4n) is 3.93. The molecule has 0 bridgehead atoms. The number of methoxy groups -OCH3 is 1. The lowest BCUT2D eigenvalue weighted by molar-refractivity contribution is 0.0707. The van der Waals surface area contributed by atoms with Crippen LogP contribution < -0.4 is 18.7 Å². The van der Waals surface area contributed by atoms with Gasteiger partial charge in [-0.3, -0.25) is 19.2 Å². The fraction of sp³-hybridized carbons (Fsp3) is 0.296. The van der Waals surface area contributed by atoms with Gasteiger partial charge in [-0.05, 0) is 67.0 Å². The first-order chi connectivity index (χ1) is 17.4. The molecule has 2 N–H and O–H groups in total. The van der Waals surface area contributed by atoms with Crippen molar-refractivity contribution >= 4 is 22.9 Å². The highest BCUT2D eigenvalue weighted by molar-refractivity contribution is 7.82. The molecule has 0 aliphatic heterocycles. The lowest BCUT2D eigenvalue weighted by atomic mass is 10.0. The lowest BCUT2D eigenvalue weighted by Gasteiger charge is -2.27. The van der Waals surface area contributed by atoms with Crippen LogP contribution in [0.25, 0.3) is 0 Å². The van der Waals surface area contributed by atoms with Crippen LogP contribution >= 0.6 is 0 Å². The van der Waals surface area contributed by atoms with Crippen LogP contribution in [-0.2, 0) is 24.4 Å². The molecule has 1 atom stereocenters. The van der Waals surface area contributed by atoms with E-state index in [0.717, 1.165) is 29.8 Å². The van der Waals surface area contributed by atoms with Crippen molar-refractivity contribution in [3.63, 3.8) is 0 Å². The zero-order chi connectivity index (χ0) is 26.1. The highest BCUT2D eigenvalue weighted by Gasteiger charge is 2.26. The van der Waals surface area contributed by atoms with Crippen molar-refractivity contribution in [2.45, 2.75) is 33.9 Å². The van der Waals surface area contributed by atoms with E-state index in [-0.39, 0.29) is 12.1 Å². The molecular formula is C27H33N3O5S. The van der Waals surface area contributed by atoms with Gasteiger partial charge in [-0.1, -0.05) is 50.2 Å². The average molecular weight is 512 g/mol. The third kappa shape index (κ3) is 6.84. The molecule has 36 heavy (non-hydrogen) atoms. The van der Waals surface area contributed by atoms with Crippen LogP contribution in [-0.4, -0.2) is 40.4 Å². The molecule has 3 aromatic rings. The van der Waals surface area contributed by atoms with Crippen molar-refractivity contribution < 1.29 is 23.1 Å². The Morgan fingerprint density at radius 3 is 2.17 bits per heavy atom. The minimum Gasteiger partial charge on any atom is -0.497 e. The van der Waals surface area contributed by atoms with E-state index in [1.54, 1.807) is 42.9 Å². The number of carbonyl (C=O) groups excluding carboxylic acids is 1. The fourth-order valence-corrected chi connectivity index (χ4v) is 4.94. The number of anilines is 1. The van der Waals surface area contributed by atoms with Crippen molar-refractivity contribution in [2.75, 3.05) is 24.5 Å². The van der Waals surface area contributed by atoms with E-state index < -0.39 is 17.2 Å². The summed E-state index contributed by atoms with van der Waals surface area (Å²) >= 11 is -2.01. The molecule has 9 heteroatoms. The number of hydrogen-bond donors (Lipinski definition) is 2. The highest BCUT2D eigenvalue weighted by Crippen LogP contribution is 2.31. The number of benzene rings is 3. The first kappa shape index (κ1) is 27.2. The van der Waals surface area contributed by atoms with Crippen LogP contribution in [0, 0.1) is 6.92 Å². The summed E-state index contributed by atoms with van der Waals surface area (Å²) in [6.07, 6.45) is 0. The number of ether oxygens (including phenoxy) is 1. The second kappa shape index (κ2) is 13.1. The Morgan fingerprint density at radius 1 is 0.944 bits per heavy atom. The molecule has 1 unspecified atom stereocenters. The molecule has 1 amide bonds. The normalized spacial score (nSPS) is 11.7. The summed E-state index contributed by atoms with van der Waals surface area (Å²) < 4.78 is 26.1. The van der Waals surface area contributed by atoms with Crippen molar-refractivity contribution in [2.24, 2.45) is 0 Å². The molecule has 8 nitrogen and oxygen atoms in total. The summed E-state index contributed by atoms with van der Waals surface area (Å²) in [7, 11) is 1.57. The quantitative estimate of drug-likeness (QED) is 0.272. The van der Waals surface area contributed by atoms with Crippen LogP contribution in [0.4, 0.5) is 5.69 Å². The number of nitrogens with one attached hydrogen (secondary N) is 1. The molecule has 3 aromatic carbocycles. The van der Waals surface area contributed by atoms with Gasteiger partial charge in [0.2, 0.25) is 0 Å². The van der Waals surface area contributed by atoms with Crippen LogP contribution in [0.15, 0.2) is 66.7 Å². The molecule has 0 radical (unpaired) electrons. The van der Waals surface area contributed by atoms with E-state index in [4.69, 9.17) is 8.92 Å². The van der Waals surface area contributed by atoms with Gasteiger partial charge in [0.1, 0.15) is 11.5 Å². The van der Waals surface area contributed by atoms with Crippen LogP contribution in [0.1, 0.15) is 40.9 Å². The average Bonchev–Trinajstić information content (AvgIpc) is 2.90. The summed E-state index contributed by atoms with van der Waals surface area (Å²) in [4.78, 5) is 15.0. The maximum atomic E-state index is 13.6. The van der Waals surface area contributed by atoms with E-state index in [1.165, 1.54) is 4.31 Å². The van der Waals surface area contributed by atoms with Gasteiger partial charge in [0.15, 0.2) is 0 Å². The molecule has 0 saturated heterocycles. The molecule has 0 aliphatic rings. The van der Waals surface area contributed by atoms with Gasteiger partial charge in [0, 0.05) is 6.54 Å². The number of amides is 1. The molecule has 0 fully saturated rings. The predicted molar refractivity (Wildman–Crippen MR) is 141 cm³/mol. The van der Waals surface area contributed by atoms with Crippen LogP contribution in [0.3, 0.4) is 0 Å². The number of rotatable bonds is 12. The Kier molecular flexibility index (Phi) is 9.86. The van der Waals surface area contributed by atoms with Crippen LogP contribution in [0.5, 0.6) is 11.5 Å². The van der Waals surface area contributed by atoms with Crippen molar-refractivity contribution in [3.8, 4) is 11.5 Å². The van der Waals surface area contributed by atoms with E-state index >= 15 is 0 Å². The van der Waals surface area contributed by atoms with Crippen molar-refractivity contribution in [3.05, 3.63) is 89.0 Å². The van der Waals surface area contributed by atoms with E-state index in [2.05, 4.69) is 18.7 Å². The molecule has 0 spiro atoms. The number of hydroxylamine groups is 1. The summed E-state index contributed by atoms with van der Waals surface area (Å²) in [5.74, 6) is 0.348. The number of hydrogen-bond acceptors (Lipinski definition) is 6. The molecule has 0 aromatic heterocycles. The minimum atomic E-state index is -2.01. The number of carbonyl (C=O) groups is 1. The minimum absolute atomic E-state index is 0.210. The van der Waals surface area contributed by atoms with Gasteiger partial charge in [-0.2, -0.15) is 4.21 Å². The number of nitrogens with zero attached hydrogens (tertiary/aromatic N) is 2. The molecular weight excluding hydrogens is 478 g/mol. The Morgan fingerprint density at radius 2 is 1.58 bits per heavy atom. The smallest absolute Gasteiger partial charge is 0.319 e. The first-order valence-electron chi connectivity index (χ1n) is 11.8. The van der Waals surface area contributed by atoms with E-state index in [0.29, 0.717) is 23.7 Å². The SMILES string of the molecule is CCN(CC)Cc1cc(C)c(N(Cc2ccccc2)S(=O)Oc2ccc(OC)cc2)c(C(=O)NO)c1. The molecule has 0 aliphatic carbocycles. The van der Waals surface area contributed by atoms with Gasteiger partial charge < -0.3 is 8.92 Å². The Balaban J connectivity index is 2.06. The Bertz CT molecular complexity index is 1170. The maximum absolute atomic E-state index is 13.6. The largest absolute Gasteiger partial charge is 0.497 e. The summed E-state index contributed by atoms with van der Waals surface area (Å²) in [6, 6.07) is 20.0. The van der Waals surface area contributed by atoms with Gasteiger partial charge in [0.25, 0.3) is 5.91 Å². The summed E-state index contributed by atoms with van der Waals surface area (Å²) in [5.41, 5.74) is 4.91. The zero-order valence-corrected chi connectivity index (χ0v) is 21.9. The zero-order valence-electron chi connectivity index (χ0n) is 21.1. The van der Waals surface area contributed by atoms with Gasteiger partial charge in [-0.25, -0.2) is 5.48 Å². The third-order valence-electron chi connectivity index (χ3n) is 5.83. The molecule has 192 valence electrons. The summed E-state index contributed by atoms with van der Waals surface area (Å²) in [6.45, 7) is 8.59. The predicted octanol–water partition coefficient (Wildman–Crippen LogP) is 4.63. The van der Waals surface area contributed by atoms with Crippen molar-refractivity contribution in [1.82, 2.24) is 10.4 Å². The van der Waals surface area contributed by atoms with E-state index in [9.17, 15) is 14.2 Å².